The van der Waals surface area contributed by atoms with Crippen molar-refractivity contribution in [3.63, 3.8) is 0 Å². The predicted octanol–water partition coefficient (Wildman–Crippen LogP) is 4.37. The maximum Gasteiger partial charge on any atom is 0.413 e. The smallest absolute Gasteiger partial charge is 0.413 e. The molecule has 5 rings (SSSR count). The van der Waals surface area contributed by atoms with Crippen LogP contribution >= 0.6 is 0 Å². The Morgan fingerprint density at radius 3 is 2.29 bits per heavy atom. The molecule has 4 aromatic rings. The van der Waals surface area contributed by atoms with Crippen LogP contribution in [0.3, 0.4) is 0 Å². The van der Waals surface area contributed by atoms with Crippen molar-refractivity contribution in [2.75, 3.05) is 40.3 Å². The number of aromatic nitrogens is 1. The Kier molecular flexibility index (Phi) is 7.35. The summed E-state index contributed by atoms with van der Waals surface area (Å²) < 4.78 is 11.0. The van der Waals surface area contributed by atoms with Crippen molar-refractivity contribution in [1.29, 1.82) is 0 Å². The molecule has 41 heavy (non-hydrogen) atoms. The van der Waals surface area contributed by atoms with E-state index < -0.39 is 17.5 Å². The number of aromatic amines is 1. The molecular formula is C31H35N5O5. The second kappa shape index (κ2) is 10.8. The number of piperazine rings is 1. The van der Waals surface area contributed by atoms with Gasteiger partial charge < -0.3 is 35.3 Å². The Morgan fingerprint density at radius 1 is 0.902 bits per heavy atom. The molecule has 1 aromatic heterocycles. The fourth-order valence-electron chi connectivity index (χ4n) is 5.06. The number of nitrogens with zero attached hydrogens (tertiary/aromatic N) is 2. The second-order valence-electron chi connectivity index (χ2n) is 11.4. The van der Waals surface area contributed by atoms with E-state index in [0.717, 1.165) is 40.5 Å². The van der Waals surface area contributed by atoms with Crippen molar-refractivity contribution in [3.05, 3.63) is 59.7 Å². The van der Waals surface area contributed by atoms with Gasteiger partial charge >= 0.3 is 6.09 Å². The molecule has 3 amide bonds. The first-order chi connectivity index (χ1) is 19.4. The van der Waals surface area contributed by atoms with E-state index in [4.69, 9.17) is 15.2 Å². The van der Waals surface area contributed by atoms with Crippen molar-refractivity contribution in [2.45, 2.75) is 26.3 Å². The van der Waals surface area contributed by atoms with Gasteiger partial charge in [0.2, 0.25) is 0 Å². The molecule has 1 aliphatic heterocycles. The van der Waals surface area contributed by atoms with E-state index in [9.17, 15) is 14.4 Å². The van der Waals surface area contributed by atoms with Gasteiger partial charge in [0.05, 0.1) is 18.2 Å². The van der Waals surface area contributed by atoms with Crippen LogP contribution in [0.25, 0.3) is 32.9 Å². The van der Waals surface area contributed by atoms with Gasteiger partial charge in [0.1, 0.15) is 0 Å². The highest BCUT2D eigenvalue weighted by Crippen LogP contribution is 2.37. The summed E-state index contributed by atoms with van der Waals surface area (Å²) in [7, 11) is 3.54. The molecule has 0 spiro atoms. The maximum atomic E-state index is 13.2. The number of carbonyl (C=O) groups excluding carboxylic acids is 3. The van der Waals surface area contributed by atoms with Gasteiger partial charge in [-0.15, -0.1) is 0 Å². The molecule has 214 valence electrons. The van der Waals surface area contributed by atoms with Crippen LogP contribution in [-0.4, -0.2) is 78.6 Å². The molecule has 10 heteroatoms. The largest absolute Gasteiger partial charge is 0.493 e. The number of H-pyrrole nitrogens is 1. The van der Waals surface area contributed by atoms with Gasteiger partial charge in [-0.2, -0.15) is 0 Å². The highest BCUT2D eigenvalue weighted by atomic mass is 16.6. The van der Waals surface area contributed by atoms with Crippen molar-refractivity contribution >= 4 is 39.7 Å². The van der Waals surface area contributed by atoms with Crippen LogP contribution in [0.2, 0.25) is 0 Å². The number of hydrogen-bond donors (Lipinski definition) is 3. The summed E-state index contributed by atoms with van der Waals surface area (Å²) in [6.45, 7) is 8.63. The van der Waals surface area contributed by atoms with Gasteiger partial charge in [-0.1, -0.05) is 12.1 Å². The SMILES string of the molecule is COc1cc(-c2cc(C(N)=O)c3[nH]c4cc(C(=O)N5CCN(C)CC5)ccc4c3c2)ccc1OC(=O)NC(C)(C)C. The van der Waals surface area contributed by atoms with E-state index in [1.165, 1.54) is 7.11 Å². The number of fused-ring (bicyclic) bond motifs is 3. The molecule has 0 saturated carbocycles. The van der Waals surface area contributed by atoms with Crippen LogP contribution in [0.15, 0.2) is 48.5 Å². The summed E-state index contributed by atoms with van der Waals surface area (Å²) in [4.78, 5) is 45.4. The zero-order chi connectivity index (χ0) is 29.5. The molecule has 0 unspecified atom stereocenters. The Labute approximate surface area is 238 Å². The summed E-state index contributed by atoms with van der Waals surface area (Å²) >= 11 is 0. The molecule has 3 aromatic carbocycles. The van der Waals surface area contributed by atoms with E-state index in [0.29, 0.717) is 35.5 Å². The summed E-state index contributed by atoms with van der Waals surface area (Å²) in [6.07, 6.45) is -0.592. The molecule has 0 atom stereocenters. The average Bonchev–Trinajstić information content (AvgIpc) is 3.29. The fraction of sp³-hybridized carbons (Fsp3) is 0.323. The molecule has 1 aliphatic rings. The highest BCUT2D eigenvalue weighted by Gasteiger charge is 2.22. The maximum absolute atomic E-state index is 13.2. The minimum Gasteiger partial charge on any atom is -0.493 e. The molecule has 1 saturated heterocycles. The molecule has 4 N–H and O–H groups in total. The number of primary amides is 1. The van der Waals surface area contributed by atoms with E-state index in [1.54, 1.807) is 24.3 Å². The normalized spacial score (nSPS) is 14.3. The molecule has 1 fully saturated rings. The van der Waals surface area contributed by atoms with Crippen molar-refractivity contribution in [2.24, 2.45) is 5.73 Å². The number of nitrogens with two attached hydrogens (primary N) is 1. The monoisotopic (exact) mass is 557 g/mol. The number of nitrogens with one attached hydrogen (secondary N) is 2. The fourth-order valence-corrected chi connectivity index (χ4v) is 5.06. The number of methoxy groups -OCH3 is 1. The lowest BCUT2D eigenvalue weighted by atomic mass is 9.98. The summed E-state index contributed by atoms with van der Waals surface area (Å²) in [5.41, 5.74) is 9.08. The Balaban J connectivity index is 1.52. The van der Waals surface area contributed by atoms with E-state index in [2.05, 4.69) is 15.2 Å². The quantitative estimate of drug-likeness (QED) is 0.334. The number of likely N-dealkylation sites (N-methyl/N-ethyl adjacent to an activating group) is 1. The van der Waals surface area contributed by atoms with Gasteiger partial charge in [0, 0.05) is 53.6 Å². The number of amides is 3. The van der Waals surface area contributed by atoms with Gasteiger partial charge in [0.25, 0.3) is 11.8 Å². The Morgan fingerprint density at radius 2 is 1.63 bits per heavy atom. The minimum atomic E-state index is -0.592. The van der Waals surface area contributed by atoms with E-state index in [-0.39, 0.29) is 11.7 Å². The van der Waals surface area contributed by atoms with Crippen LogP contribution in [-0.2, 0) is 0 Å². The number of carbonyl (C=O) groups is 3. The van der Waals surface area contributed by atoms with Crippen LogP contribution in [0.4, 0.5) is 4.79 Å². The zero-order valence-corrected chi connectivity index (χ0v) is 24.0. The van der Waals surface area contributed by atoms with Crippen molar-refractivity contribution < 1.29 is 23.9 Å². The van der Waals surface area contributed by atoms with Gasteiger partial charge in [-0.25, -0.2) is 4.79 Å². The average molecular weight is 558 g/mol. The lowest BCUT2D eigenvalue weighted by molar-refractivity contribution is 0.0664. The van der Waals surface area contributed by atoms with E-state index >= 15 is 0 Å². The predicted molar refractivity (Wildman–Crippen MR) is 159 cm³/mol. The molecular weight excluding hydrogens is 522 g/mol. The first-order valence-electron chi connectivity index (χ1n) is 13.5. The number of rotatable bonds is 5. The van der Waals surface area contributed by atoms with Gasteiger partial charge in [0.15, 0.2) is 11.5 Å². The molecule has 0 radical (unpaired) electrons. The highest BCUT2D eigenvalue weighted by molar-refractivity contribution is 6.17. The van der Waals surface area contributed by atoms with Crippen LogP contribution in [0, 0.1) is 0 Å². The second-order valence-corrected chi connectivity index (χ2v) is 11.4. The van der Waals surface area contributed by atoms with Crippen LogP contribution < -0.4 is 20.5 Å². The van der Waals surface area contributed by atoms with Crippen molar-refractivity contribution in [1.82, 2.24) is 20.1 Å². The molecule has 0 aliphatic carbocycles. The van der Waals surface area contributed by atoms with E-state index in [1.807, 2.05) is 57.0 Å². The Hall–Kier alpha value is -4.57. The van der Waals surface area contributed by atoms with Crippen molar-refractivity contribution in [3.8, 4) is 22.6 Å². The molecule has 10 nitrogen and oxygen atoms in total. The third-order valence-electron chi connectivity index (χ3n) is 7.19. The topological polar surface area (TPSA) is 130 Å². The third-order valence-corrected chi connectivity index (χ3v) is 7.19. The minimum absolute atomic E-state index is 0.0138. The lowest BCUT2D eigenvalue weighted by Crippen LogP contribution is -2.47. The standard InChI is InChI=1S/C31H35N5O5/c1-31(2,3)34-30(39)41-25-9-7-18(17-26(25)40-5)20-14-22-21-8-6-19(29(38)36-12-10-35(4)11-13-36)16-24(21)33-27(22)23(15-20)28(32)37/h6-9,14-17,33H,10-13H2,1-5H3,(H2,32,37)(H,34,39). The third kappa shape index (κ3) is 5.83. The lowest BCUT2D eigenvalue weighted by Gasteiger charge is -2.32. The van der Waals surface area contributed by atoms with Gasteiger partial charge in [-0.3, -0.25) is 9.59 Å². The summed E-state index contributed by atoms with van der Waals surface area (Å²) in [6, 6.07) is 14.4. The van der Waals surface area contributed by atoms with Crippen LogP contribution in [0.5, 0.6) is 11.5 Å². The first-order valence-corrected chi connectivity index (χ1v) is 13.5. The number of benzene rings is 3. The van der Waals surface area contributed by atoms with Crippen LogP contribution in [0.1, 0.15) is 41.5 Å². The number of hydrogen-bond acceptors (Lipinski definition) is 6. The summed E-state index contributed by atoms with van der Waals surface area (Å²) in [5, 5.41) is 4.42. The first kappa shape index (κ1) is 28.0. The number of ether oxygens (including phenoxy) is 2. The van der Waals surface area contributed by atoms with Gasteiger partial charge in [-0.05, 0) is 75.3 Å². The molecule has 0 bridgehead atoms. The summed E-state index contributed by atoms with van der Waals surface area (Å²) in [5.74, 6) is 0.0279. The zero-order valence-electron chi connectivity index (χ0n) is 24.0. The molecule has 2 heterocycles. The Bertz CT molecular complexity index is 1660.